The van der Waals surface area contributed by atoms with Crippen molar-refractivity contribution in [1.82, 2.24) is 19.8 Å². The molecule has 0 unspecified atom stereocenters. The summed E-state index contributed by atoms with van der Waals surface area (Å²) >= 11 is 1.14. The van der Waals surface area contributed by atoms with Crippen LogP contribution in [0.3, 0.4) is 0 Å². The molecule has 11 heteroatoms. The number of hydroxylamine groups is 1. The molecule has 2 aromatic rings. The Bertz CT molecular complexity index is 899. The fraction of sp³-hybridized carbons (Fsp3) is 0.400. The van der Waals surface area contributed by atoms with E-state index in [1.165, 1.54) is 18.5 Å². The van der Waals surface area contributed by atoms with E-state index >= 15 is 0 Å². The number of carbonyl (C=O) groups excluding carboxylic acids is 1. The second kappa shape index (κ2) is 7.76. The fourth-order valence-corrected chi connectivity index (χ4v) is 5.76. The number of nitrogens with zero attached hydrogens (tertiary/aromatic N) is 3. The topological polar surface area (TPSA) is 122 Å². The van der Waals surface area contributed by atoms with Gasteiger partial charge in [-0.3, -0.25) is 20.0 Å². The fourth-order valence-electron chi connectivity index (χ4n) is 2.74. The van der Waals surface area contributed by atoms with E-state index in [9.17, 15) is 13.2 Å². The predicted molar refractivity (Wildman–Crippen MR) is 92.1 cm³/mol. The van der Waals surface area contributed by atoms with Gasteiger partial charge in [-0.1, -0.05) is 0 Å². The summed E-state index contributed by atoms with van der Waals surface area (Å²) in [7, 11) is -2.36. The first kappa shape index (κ1) is 18.9. The molecule has 3 rings (SSSR count). The van der Waals surface area contributed by atoms with Gasteiger partial charge in [0.2, 0.25) is 0 Å². The molecule has 0 saturated heterocycles. The first-order chi connectivity index (χ1) is 12.5. The molecular weight excluding hydrogens is 380 g/mol. The maximum Gasteiger partial charge on any atom is 0.262 e. The second-order valence-electron chi connectivity index (χ2n) is 5.66. The van der Waals surface area contributed by atoms with Crippen molar-refractivity contribution in [2.45, 2.75) is 29.6 Å². The molecule has 0 bridgehead atoms. The molecule has 1 aliphatic rings. The zero-order valence-electron chi connectivity index (χ0n) is 14.0. The van der Waals surface area contributed by atoms with E-state index in [0.717, 1.165) is 20.5 Å². The third-order valence-electron chi connectivity index (χ3n) is 4.07. The summed E-state index contributed by atoms with van der Waals surface area (Å²) in [6.45, 7) is 0.400. The summed E-state index contributed by atoms with van der Waals surface area (Å²) in [6, 6.07) is 2.15. The number of ether oxygens (including phenoxy) is 1. The minimum Gasteiger partial charge on any atom is -0.384 e. The van der Waals surface area contributed by atoms with Crippen molar-refractivity contribution in [1.29, 1.82) is 0 Å². The molecular formula is C15H18N4O5S2. The number of rotatable bonds is 6. The molecule has 3 heterocycles. The number of nitrogens with one attached hydrogen (secondary N) is 1. The summed E-state index contributed by atoms with van der Waals surface area (Å²) in [5.41, 5.74) is 2.58. The number of fused-ring (bicyclic) bond motifs is 1. The molecule has 2 aromatic heterocycles. The Hall–Kier alpha value is -1.92. The number of sulfonamides is 1. The number of amides is 1. The van der Waals surface area contributed by atoms with Crippen LogP contribution in [0, 0.1) is 0 Å². The van der Waals surface area contributed by atoms with Crippen LogP contribution >= 0.6 is 11.3 Å². The van der Waals surface area contributed by atoms with Crippen molar-refractivity contribution in [3.05, 3.63) is 40.8 Å². The maximum atomic E-state index is 13.1. The van der Waals surface area contributed by atoms with Crippen LogP contribution in [0.4, 0.5) is 0 Å². The molecule has 9 nitrogen and oxygen atoms in total. The molecule has 0 fully saturated rings. The zero-order chi connectivity index (χ0) is 18.7. The van der Waals surface area contributed by atoms with Gasteiger partial charge < -0.3 is 4.74 Å². The van der Waals surface area contributed by atoms with Crippen molar-refractivity contribution < 1.29 is 23.2 Å². The second-order valence-corrected chi connectivity index (χ2v) is 8.95. The van der Waals surface area contributed by atoms with Gasteiger partial charge in [-0.15, -0.1) is 11.3 Å². The Kier molecular flexibility index (Phi) is 5.63. The molecule has 0 spiro atoms. The summed E-state index contributed by atoms with van der Waals surface area (Å²) in [6.07, 6.45) is 3.60. The Morgan fingerprint density at radius 2 is 2.12 bits per heavy atom. The van der Waals surface area contributed by atoms with Crippen molar-refractivity contribution in [2.24, 2.45) is 0 Å². The number of carbonyl (C=O) groups is 1. The quantitative estimate of drug-likeness (QED) is 0.532. The van der Waals surface area contributed by atoms with E-state index in [1.807, 2.05) is 0 Å². The molecule has 1 aliphatic heterocycles. The van der Waals surface area contributed by atoms with E-state index in [4.69, 9.17) is 9.94 Å². The van der Waals surface area contributed by atoms with Crippen LogP contribution in [-0.2, 0) is 38.9 Å². The highest BCUT2D eigenvalue weighted by molar-refractivity contribution is 7.91. The van der Waals surface area contributed by atoms with Gasteiger partial charge in [0.1, 0.15) is 10.3 Å². The van der Waals surface area contributed by atoms with E-state index in [-0.39, 0.29) is 17.2 Å². The molecule has 26 heavy (non-hydrogen) atoms. The maximum absolute atomic E-state index is 13.1. The third kappa shape index (κ3) is 3.62. The number of thiophene rings is 1. The van der Waals surface area contributed by atoms with Crippen LogP contribution in [0.1, 0.15) is 16.3 Å². The first-order valence-electron chi connectivity index (χ1n) is 7.79. The van der Waals surface area contributed by atoms with Crippen molar-refractivity contribution in [3.8, 4) is 0 Å². The number of methoxy groups -OCH3 is 1. The Balaban J connectivity index is 1.95. The SMILES string of the molecule is COCCc1ccc(S(=O)(=O)N2Cc3nccnc3C[C@@H]2C(=O)NO)s1. The predicted octanol–water partition coefficient (Wildman–Crippen LogP) is 0.348. The molecule has 1 amide bonds. The smallest absolute Gasteiger partial charge is 0.262 e. The van der Waals surface area contributed by atoms with Gasteiger partial charge in [0.15, 0.2) is 0 Å². The van der Waals surface area contributed by atoms with Crippen molar-refractivity contribution >= 4 is 27.3 Å². The lowest BCUT2D eigenvalue weighted by Crippen LogP contribution is -2.52. The van der Waals surface area contributed by atoms with Gasteiger partial charge in [-0.05, 0) is 12.1 Å². The summed E-state index contributed by atoms with van der Waals surface area (Å²) < 4.78 is 32.4. The highest BCUT2D eigenvalue weighted by atomic mass is 32.2. The Morgan fingerprint density at radius 1 is 1.38 bits per heavy atom. The lowest BCUT2D eigenvalue weighted by Gasteiger charge is -2.32. The number of hydrogen-bond acceptors (Lipinski definition) is 8. The molecule has 1 atom stereocenters. The lowest BCUT2D eigenvalue weighted by atomic mass is 10.0. The molecule has 0 radical (unpaired) electrons. The van der Waals surface area contributed by atoms with Crippen LogP contribution in [-0.4, -0.2) is 53.6 Å². The summed E-state index contributed by atoms with van der Waals surface area (Å²) in [5.74, 6) is -0.805. The largest absolute Gasteiger partial charge is 0.384 e. The van der Waals surface area contributed by atoms with Crippen LogP contribution < -0.4 is 5.48 Å². The Labute approximate surface area is 154 Å². The zero-order valence-corrected chi connectivity index (χ0v) is 15.6. The minimum absolute atomic E-state index is 0.0384. The Morgan fingerprint density at radius 3 is 2.81 bits per heavy atom. The standard InChI is InChI=1S/C15H18N4O5S2/c1-24-7-4-10-2-3-14(25-10)26(22,23)19-9-12-11(16-5-6-17-12)8-13(19)15(20)18-21/h2-3,5-6,13,21H,4,7-9H2,1H3,(H,18,20)/t13-/m1/s1. The highest BCUT2D eigenvalue weighted by Crippen LogP contribution is 2.31. The number of aromatic nitrogens is 2. The van der Waals surface area contributed by atoms with Gasteiger partial charge in [-0.25, -0.2) is 13.9 Å². The monoisotopic (exact) mass is 398 g/mol. The van der Waals surface area contributed by atoms with E-state index in [2.05, 4.69) is 9.97 Å². The molecule has 2 N–H and O–H groups in total. The van der Waals surface area contributed by atoms with Gasteiger partial charge in [0, 0.05) is 37.2 Å². The van der Waals surface area contributed by atoms with Crippen LogP contribution in [0.15, 0.2) is 28.7 Å². The average molecular weight is 398 g/mol. The first-order valence-corrected chi connectivity index (χ1v) is 10.0. The van der Waals surface area contributed by atoms with Crippen molar-refractivity contribution in [2.75, 3.05) is 13.7 Å². The van der Waals surface area contributed by atoms with Gasteiger partial charge in [0.25, 0.3) is 15.9 Å². The molecule has 0 aliphatic carbocycles. The lowest BCUT2D eigenvalue weighted by molar-refractivity contribution is -0.133. The van der Waals surface area contributed by atoms with Crippen LogP contribution in [0.2, 0.25) is 0 Å². The molecule has 140 valence electrons. The van der Waals surface area contributed by atoms with Gasteiger partial charge in [-0.2, -0.15) is 4.31 Å². The highest BCUT2D eigenvalue weighted by Gasteiger charge is 2.41. The van der Waals surface area contributed by atoms with Gasteiger partial charge >= 0.3 is 0 Å². The van der Waals surface area contributed by atoms with E-state index < -0.39 is 22.0 Å². The van der Waals surface area contributed by atoms with Crippen LogP contribution in [0.5, 0.6) is 0 Å². The number of hydrogen-bond donors (Lipinski definition) is 2. The molecule has 0 saturated carbocycles. The minimum atomic E-state index is -3.94. The van der Waals surface area contributed by atoms with Gasteiger partial charge in [0.05, 0.1) is 24.5 Å². The van der Waals surface area contributed by atoms with Crippen molar-refractivity contribution in [3.63, 3.8) is 0 Å². The third-order valence-corrected chi connectivity index (χ3v) is 7.53. The summed E-state index contributed by atoms with van der Waals surface area (Å²) in [4.78, 5) is 21.3. The normalized spacial score (nSPS) is 17.7. The average Bonchev–Trinajstić information content (AvgIpc) is 3.14. The van der Waals surface area contributed by atoms with E-state index in [0.29, 0.717) is 24.4 Å². The van der Waals surface area contributed by atoms with E-state index in [1.54, 1.807) is 18.7 Å². The molecule has 0 aromatic carbocycles. The summed E-state index contributed by atoms with van der Waals surface area (Å²) in [5, 5.41) is 9.02. The van der Waals surface area contributed by atoms with Crippen LogP contribution in [0.25, 0.3) is 0 Å².